The highest BCUT2D eigenvalue weighted by Crippen LogP contribution is 2.24. The van der Waals surface area contributed by atoms with Gasteiger partial charge in [-0.15, -0.1) is 0 Å². The summed E-state index contributed by atoms with van der Waals surface area (Å²) in [6.07, 6.45) is 2.48. The summed E-state index contributed by atoms with van der Waals surface area (Å²) in [6, 6.07) is 1.74. The number of aliphatic hydroxyl groups excluding tert-OH is 1. The number of carbonyl (C=O) groups excluding carboxylic acids is 1. The number of nitriles is 1. The Morgan fingerprint density at radius 2 is 2.38 bits per heavy atom. The normalized spacial score (nSPS) is 27.7. The van der Waals surface area contributed by atoms with Gasteiger partial charge in [0, 0.05) is 0 Å². The number of aliphatic hydroxyl groups is 1. The summed E-state index contributed by atoms with van der Waals surface area (Å²) in [4.78, 5) is 11.2. The molecule has 0 amide bonds. The lowest BCUT2D eigenvalue weighted by Crippen LogP contribution is -2.27. The van der Waals surface area contributed by atoms with Gasteiger partial charge in [-0.05, 0) is 19.3 Å². The van der Waals surface area contributed by atoms with E-state index in [0.717, 1.165) is 19.3 Å². The van der Waals surface area contributed by atoms with Crippen molar-refractivity contribution in [3.05, 3.63) is 0 Å². The molecule has 4 nitrogen and oxygen atoms in total. The van der Waals surface area contributed by atoms with Crippen molar-refractivity contribution >= 4 is 5.97 Å². The summed E-state index contributed by atoms with van der Waals surface area (Å²) in [7, 11) is 0. The van der Waals surface area contributed by atoms with Gasteiger partial charge in [0.2, 0.25) is 0 Å². The molecule has 1 fully saturated rings. The summed E-state index contributed by atoms with van der Waals surface area (Å²) >= 11 is 0. The van der Waals surface area contributed by atoms with E-state index in [1.54, 1.807) is 6.07 Å². The number of hydrogen-bond donors (Lipinski definition) is 1. The first-order valence-corrected chi connectivity index (χ1v) is 4.45. The molecule has 0 radical (unpaired) electrons. The monoisotopic (exact) mass is 183 g/mol. The predicted octanol–water partition coefficient (Wildman–Crippen LogP) is 0.604. The first kappa shape index (κ1) is 10.0. The van der Waals surface area contributed by atoms with Crippen LogP contribution in [0, 0.1) is 17.2 Å². The van der Waals surface area contributed by atoms with E-state index >= 15 is 0 Å². The van der Waals surface area contributed by atoms with Gasteiger partial charge in [0.1, 0.15) is 6.07 Å². The minimum absolute atomic E-state index is 0.189. The standard InChI is InChI=1S/C9H13NO3/c10-4-5-13-9(12)7-2-1-3-8(11)6-7/h7-8,11H,1-3,5-6H2. The topological polar surface area (TPSA) is 70.3 Å². The molecule has 1 aliphatic carbocycles. The van der Waals surface area contributed by atoms with Crippen LogP contribution in [0.25, 0.3) is 0 Å². The van der Waals surface area contributed by atoms with Crippen molar-refractivity contribution < 1.29 is 14.6 Å². The highest BCUT2D eigenvalue weighted by molar-refractivity contribution is 5.72. The van der Waals surface area contributed by atoms with Crippen LogP contribution in [0.2, 0.25) is 0 Å². The molecule has 1 aliphatic rings. The van der Waals surface area contributed by atoms with Crippen LogP contribution in [-0.2, 0) is 9.53 Å². The second-order valence-corrected chi connectivity index (χ2v) is 3.28. The number of ether oxygens (including phenoxy) is 1. The molecule has 72 valence electrons. The fourth-order valence-corrected chi connectivity index (χ4v) is 1.60. The SMILES string of the molecule is N#CCOC(=O)C1CCCC(O)C1. The highest BCUT2D eigenvalue weighted by Gasteiger charge is 2.26. The zero-order valence-electron chi connectivity index (χ0n) is 7.40. The maximum Gasteiger partial charge on any atom is 0.310 e. The van der Waals surface area contributed by atoms with Crippen LogP contribution in [0.15, 0.2) is 0 Å². The number of carbonyl (C=O) groups is 1. The molecule has 2 unspecified atom stereocenters. The Kier molecular flexibility index (Phi) is 3.71. The Balaban J connectivity index is 2.33. The summed E-state index contributed by atoms with van der Waals surface area (Å²) < 4.78 is 4.67. The van der Waals surface area contributed by atoms with Crippen molar-refractivity contribution in [3.8, 4) is 6.07 Å². The third-order valence-electron chi connectivity index (χ3n) is 2.26. The molecule has 0 aromatic heterocycles. The van der Waals surface area contributed by atoms with Gasteiger partial charge in [-0.1, -0.05) is 6.42 Å². The van der Waals surface area contributed by atoms with Crippen molar-refractivity contribution in [3.63, 3.8) is 0 Å². The van der Waals surface area contributed by atoms with Gasteiger partial charge in [0.25, 0.3) is 0 Å². The van der Waals surface area contributed by atoms with Gasteiger partial charge in [-0.2, -0.15) is 5.26 Å². The zero-order valence-corrected chi connectivity index (χ0v) is 7.40. The number of hydrogen-bond acceptors (Lipinski definition) is 4. The average Bonchev–Trinajstić information content (AvgIpc) is 2.14. The lowest BCUT2D eigenvalue weighted by atomic mass is 9.87. The Hall–Kier alpha value is -1.08. The summed E-state index contributed by atoms with van der Waals surface area (Å²) in [5.74, 6) is -0.558. The second kappa shape index (κ2) is 4.83. The number of nitrogens with zero attached hydrogens (tertiary/aromatic N) is 1. The maximum atomic E-state index is 11.2. The van der Waals surface area contributed by atoms with Crippen LogP contribution in [-0.4, -0.2) is 23.8 Å². The first-order valence-electron chi connectivity index (χ1n) is 4.45. The Labute approximate surface area is 77.1 Å². The average molecular weight is 183 g/mol. The first-order chi connectivity index (χ1) is 6.24. The van der Waals surface area contributed by atoms with Crippen LogP contribution in [0.1, 0.15) is 25.7 Å². The van der Waals surface area contributed by atoms with Crippen molar-refractivity contribution in [2.75, 3.05) is 6.61 Å². The van der Waals surface area contributed by atoms with Crippen LogP contribution in [0.5, 0.6) is 0 Å². The van der Waals surface area contributed by atoms with Crippen LogP contribution < -0.4 is 0 Å². The summed E-state index contributed by atoms with van der Waals surface area (Å²) in [5, 5.41) is 17.5. The Morgan fingerprint density at radius 1 is 1.62 bits per heavy atom. The van der Waals surface area contributed by atoms with Crippen LogP contribution in [0.4, 0.5) is 0 Å². The molecule has 1 rings (SSSR count). The van der Waals surface area contributed by atoms with E-state index in [9.17, 15) is 9.90 Å². The van der Waals surface area contributed by atoms with E-state index in [-0.39, 0.29) is 24.6 Å². The van der Waals surface area contributed by atoms with E-state index in [4.69, 9.17) is 5.26 Å². The van der Waals surface area contributed by atoms with Crippen molar-refractivity contribution in [1.29, 1.82) is 5.26 Å². The number of rotatable bonds is 2. The lowest BCUT2D eigenvalue weighted by Gasteiger charge is -2.23. The van der Waals surface area contributed by atoms with E-state index in [1.165, 1.54) is 0 Å². The zero-order chi connectivity index (χ0) is 9.68. The van der Waals surface area contributed by atoms with Gasteiger partial charge in [0.05, 0.1) is 12.0 Å². The Bertz CT molecular complexity index is 221. The highest BCUT2D eigenvalue weighted by atomic mass is 16.5. The van der Waals surface area contributed by atoms with Crippen LogP contribution >= 0.6 is 0 Å². The molecule has 1 saturated carbocycles. The molecule has 0 aromatic rings. The van der Waals surface area contributed by atoms with Crippen molar-refractivity contribution in [1.82, 2.24) is 0 Å². The van der Waals surface area contributed by atoms with Gasteiger partial charge >= 0.3 is 5.97 Å². The molecule has 0 spiro atoms. The van der Waals surface area contributed by atoms with Crippen LogP contribution in [0.3, 0.4) is 0 Å². The molecular formula is C9H13NO3. The van der Waals surface area contributed by atoms with Gasteiger partial charge in [-0.25, -0.2) is 0 Å². The minimum atomic E-state index is -0.381. The minimum Gasteiger partial charge on any atom is -0.450 e. The molecule has 0 saturated heterocycles. The molecule has 1 N–H and O–H groups in total. The maximum absolute atomic E-state index is 11.2. The van der Waals surface area contributed by atoms with Crippen molar-refractivity contribution in [2.24, 2.45) is 5.92 Å². The summed E-state index contributed by atoms with van der Waals surface area (Å²) in [6.45, 7) is -0.189. The quantitative estimate of drug-likeness (QED) is 0.636. The van der Waals surface area contributed by atoms with E-state index in [2.05, 4.69) is 4.74 Å². The molecular weight excluding hydrogens is 170 g/mol. The van der Waals surface area contributed by atoms with Gasteiger partial charge in [0.15, 0.2) is 6.61 Å². The molecule has 13 heavy (non-hydrogen) atoms. The van der Waals surface area contributed by atoms with Crippen molar-refractivity contribution in [2.45, 2.75) is 31.8 Å². The fourth-order valence-electron chi connectivity index (χ4n) is 1.60. The largest absolute Gasteiger partial charge is 0.450 e. The van der Waals surface area contributed by atoms with Gasteiger partial charge in [-0.3, -0.25) is 4.79 Å². The molecule has 4 heteroatoms. The van der Waals surface area contributed by atoms with E-state index < -0.39 is 0 Å². The fraction of sp³-hybridized carbons (Fsp3) is 0.778. The molecule has 0 aliphatic heterocycles. The predicted molar refractivity (Wildman–Crippen MR) is 44.5 cm³/mol. The smallest absolute Gasteiger partial charge is 0.310 e. The summed E-state index contributed by atoms with van der Waals surface area (Å²) in [5.41, 5.74) is 0. The third-order valence-corrected chi connectivity index (χ3v) is 2.26. The van der Waals surface area contributed by atoms with Gasteiger partial charge < -0.3 is 9.84 Å². The molecule has 0 heterocycles. The molecule has 0 aromatic carbocycles. The number of esters is 1. The lowest BCUT2D eigenvalue weighted by molar-refractivity contribution is -0.149. The Morgan fingerprint density at radius 3 is 3.00 bits per heavy atom. The van der Waals surface area contributed by atoms with E-state index in [1.807, 2.05) is 0 Å². The third kappa shape index (κ3) is 3.03. The van der Waals surface area contributed by atoms with E-state index in [0.29, 0.717) is 6.42 Å². The second-order valence-electron chi connectivity index (χ2n) is 3.28. The molecule has 2 atom stereocenters. The molecule has 0 bridgehead atoms.